The van der Waals surface area contributed by atoms with Gasteiger partial charge in [-0.05, 0) is 65.6 Å². The highest BCUT2D eigenvalue weighted by Crippen LogP contribution is 2.53. The summed E-state index contributed by atoms with van der Waals surface area (Å²) in [5.74, 6) is 1.66. The molecule has 0 heterocycles. The third kappa shape index (κ3) is 9.20. The molecule has 3 aromatic rings. The van der Waals surface area contributed by atoms with Gasteiger partial charge in [-0.3, -0.25) is 0 Å². The van der Waals surface area contributed by atoms with Gasteiger partial charge in [0.05, 0.1) is 0 Å². The van der Waals surface area contributed by atoms with Crippen molar-refractivity contribution < 1.29 is 4.74 Å². The summed E-state index contributed by atoms with van der Waals surface area (Å²) >= 11 is 0. The van der Waals surface area contributed by atoms with E-state index in [1.165, 1.54) is 70.8 Å². The van der Waals surface area contributed by atoms with Gasteiger partial charge in [-0.25, -0.2) is 0 Å². The lowest BCUT2D eigenvalue weighted by atomic mass is 9.69. The Balaban J connectivity index is 2.34. The fourth-order valence-electron chi connectivity index (χ4n) is 6.25. The molecule has 3 aromatic carbocycles. The first kappa shape index (κ1) is 36.3. The molecular formula is C41H62NOP. The van der Waals surface area contributed by atoms with Crippen molar-refractivity contribution in [1.29, 1.82) is 0 Å². The summed E-state index contributed by atoms with van der Waals surface area (Å²) < 4.78 is 7.12. The van der Waals surface area contributed by atoms with Crippen molar-refractivity contribution in [3.63, 3.8) is 0 Å². The Morgan fingerprint density at radius 3 is 2.11 bits per heavy atom. The lowest BCUT2D eigenvalue weighted by Gasteiger charge is -2.40. The zero-order valence-corrected chi connectivity index (χ0v) is 30.9. The van der Waals surface area contributed by atoms with Crippen molar-refractivity contribution in [1.82, 2.24) is 5.32 Å². The van der Waals surface area contributed by atoms with Crippen LogP contribution in [0.25, 0.3) is 0 Å². The average Bonchev–Trinajstić information content (AvgIpc) is 2.98. The van der Waals surface area contributed by atoms with Crippen LogP contribution in [0.3, 0.4) is 0 Å². The Labute approximate surface area is 273 Å². The van der Waals surface area contributed by atoms with Crippen LogP contribution in [0.15, 0.2) is 60.7 Å². The maximum Gasteiger partial charge on any atom is 0.127 e. The zero-order valence-electron chi connectivity index (χ0n) is 29.9. The minimum Gasteiger partial charge on any atom is -0.488 e. The van der Waals surface area contributed by atoms with Crippen molar-refractivity contribution >= 4 is 13.9 Å². The number of hydrogen-bond donors (Lipinski definition) is 1. The van der Waals surface area contributed by atoms with Crippen molar-refractivity contribution in [2.75, 3.05) is 7.05 Å². The highest BCUT2D eigenvalue weighted by molar-refractivity contribution is 7.48. The first-order chi connectivity index (χ1) is 20.8. The molecule has 0 amide bonds. The first-order valence-electron chi connectivity index (χ1n) is 17.1. The Morgan fingerprint density at radius 2 is 1.50 bits per heavy atom. The first-order valence-corrected chi connectivity index (χ1v) is 18.1. The highest BCUT2D eigenvalue weighted by atomic mass is 31.1. The van der Waals surface area contributed by atoms with Gasteiger partial charge in [-0.15, -0.1) is 0 Å². The highest BCUT2D eigenvalue weighted by Gasteiger charge is 2.38. The zero-order chi connectivity index (χ0) is 32.5. The average molecular weight is 616 g/mol. The normalized spacial score (nSPS) is 14.6. The van der Waals surface area contributed by atoms with E-state index in [0.29, 0.717) is 21.1 Å². The van der Waals surface area contributed by atoms with Crippen LogP contribution in [0, 0.1) is 12.8 Å². The van der Waals surface area contributed by atoms with Gasteiger partial charge < -0.3 is 10.1 Å². The van der Waals surface area contributed by atoms with E-state index in [0.717, 1.165) is 18.7 Å². The molecule has 0 aliphatic heterocycles. The van der Waals surface area contributed by atoms with Gasteiger partial charge in [0.25, 0.3) is 0 Å². The minimum atomic E-state index is -0.0570. The largest absolute Gasteiger partial charge is 0.488 e. The monoisotopic (exact) mass is 615 g/mol. The molecule has 0 saturated carbocycles. The van der Waals surface area contributed by atoms with Crippen LogP contribution in [0.5, 0.6) is 5.75 Å². The van der Waals surface area contributed by atoms with Gasteiger partial charge in [0.15, 0.2) is 0 Å². The fourth-order valence-corrected chi connectivity index (χ4v) is 7.95. The van der Waals surface area contributed by atoms with Crippen LogP contribution in [0.1, 0.15) is 134 Å². The summed E-state index contributed by atoms with van der Waals surface area (Å²) in [6, 6.07) is 22.8. The summed E-state index contributed by atoms with van der Waals surface area (Å²) in [5.41, 5.74) is 8.14. The molecule has 0 radical (unpaired) electrons. The molecule has 44 heavy (non-hydrogen) atoms. The predicted molar refractivity (Wildman–Crippen MR) is 196 cm³/mol. The number of ether oxygens (including phenoxy) is 1. The molecular weight excluding hydrogens is 553 g/mol. The molecule has 242 valence electrons. The molecule has 0 spiro atoms. The van der Waals surface area contributed by atoms with Gasteiger partial charge >= 0.3 is 0 Å². The van der Waals surface area contributed by atoms with Gasteiger partial charge in [-0.2, -0.15) is 0 Å². The van der Waals surface area contributed by atoms with Gasteiger partial charge in [0.1, 0.15) is 12.4 Å². The van der Waals surface area contributed by atoms with Crippen molar-refractivity contribution in [3.05, 3.63) is 94.0 Å². The molecule has 0 aromatic heterocycles. The molecule has 3 heteroatoms. The van der Waals surface area contributed by atoms with Crippen LogP contribution in [-0.4, -0.2) is 7.05 Å². The molecule has 0 aliphatic rings. The van der Waals surface area contributed by atoms with Crippen LogP contribution < -0.4 is 15.4 Å². The van der Waals surface area contributed by atoms with Gasteiger partial charge in [0, 0.05) is 22.8 Å². The minimum absolute atomic E-state index is 0.0279. The maximum absolute atomic E-state index is 7.12. The van der Waals surface area contributed by atoms with Gasteiger partial charge in [0.2, 0.25) is 0 Å². The number of benzene rings is 3. The quantitative estimate of drug-likeness (QED) is 0.162. The third-order valence-corrected chi connectivity index (χ3v) is 11.6. The number of unbranched alkanes of at least 4 members (excludes halogenated alkanes) is 2. The number of hydrogen-bond acceptors (Lipinski definition) is 2. The van der Waals surface area contributed by atoms with E-state index in [2.05, 4.69) is 142 Å². The lowest BCUT2D eigenvalue weighted by molar-refractivity contribution is 0.266. The summed E-state index contributed by atoms with van der Waals surface area (Å²) in [4.78, 5) is 0. The predicted octanol–water partition coefficient (Wildman–Crippen LogP) is 11.1. The van der Waals surface area contributed by atoms with E-state index in [1.807, 2.05) is 0 Å². The van der Waals surface area contributed by atoms with Crippen LogP contribution in [-0.2, 0) is 29.1 Å². The second-order valence-electron chi connectivity index (χ2n) is 14.9. The van der Waals surface area contributed by atoms with E-state index < -0.39 is 0 Å². The van der Waals surface area contributed by atoms with Gasteiger partial charge in [-0.1, -0.05) is 163 Å². The van der Waals surface area contributed by atoms with Crippen molar-refractivity contribution in [2.24, 2.45) is 5.92 Å². The molecule has 0 saturated heterocycles. The van der Waals surface area contributed by atoms with E-state index >= 15 is 0 Å². The Morgan fingerprint density at radius 1 is 0.841 bits per heavy atom. The van der Waals surface area contributed by atoms with Crippen LogP contribution in [0.4, 0.5) is 0 Å². The third-order valence-electron chi connectivity index (χ3n) is 9.76. The molecule has 3 unspecified atom stereocenters. The summed E-state index contributed by atoms with van der Waals surface area (Å²) in [6.07, 6.45) is 7.22. The van der Waals surface area contributed by atoms with Crippen molar-refractivity contribution in [3.8, 4) is 5.75 Å². The SMILES string of the molecule is CCCCC(C)C(C)(C)c1cc(C(C)(C)C)cc(C(C)(CCCC)Pc2ccc(C)cc2CNC)c1OCc1ccccc1. The smallest absolute Gasteiger partial charge is 0.127 e. The summed E-state index contributed by atoms with van der Waals surface area (Å²) in [5, 5.41) is 4.85. The lowest BCUT2D eigenvalue weighted by Crippen LogP contribution is -2.31. The summed E-state index contributed by atoms with van der Waals surface area (Å²) in [7, 11) is 2.70. The van der Waals surface area contributed by atoms with E-state index in [-0.39, 0.29) is 16.0 Å². The molecule has 0 bridgehead atoms. The maximum atomic E-state index is 7.12. The second kappa shape index (κ2) is 15.9. The number of nitrogens with one attached hydrogen (secondary N) is 1. The number of aryl methyl sites for hydroxylation is 1. The summed E-state index contributed by atoms with van der Waals surface area (Å²) in [6.45, 7) is 25.3. The molecule has 2 nitrogen and oxygen atoms in total. The Hall–Kier alpha value is -2.15. The van der Waals surface area contributed by atoms with Crippen LogP contribution >= 0.6 is 8.58 Å². The standard InChI is InChI=1S/C41H62NOP/c1-12-14-19-31(4)40(8,9)35-26-34(39(5,6)7)27-36(38(35)43-29-32-20-17-16-18-21-32)41(10,24-15-13-2)44-37-23-22-30(3)25-33(37)28-42-11/h16-18,20-23,25-27,31,42,44H,12-15,19,24,28-29H2,1-11H3. The topological polar surface area (TPSA) is 21.3 Å². The molecule has 3 atom stereocenters. The number of rotatable bonds is 16. The van der Waals surface area contributed by atoms with Crippen molar-refractivity contribution in [2.45, 2.75) is 137 Å². The van der Waals surface area contributed by atoms with E-state index in [1.54, 1.807) is 0 Å². The Bertz CT molecular complexity index is 1320. The molecule has 0 fully saturated rings. The van der Waals surface area contributed by atoms with E-state index in [9.17, 15) is 0 Å². The fraction of sp³-hybridized carbons (Fsp3) is 0.561. The molecule has 1 N–H and O–H groups in total. The second-order valence-corrected chi connectivity index (χ2v) is 16.8. The molecule has 0 aliphatic carbocycles. The Kier molecular flexibility index (Phi) is 13.1. The molecule has 3 rings (SSSR count). The van der Waals surface area contributed by atoms with Crippen LogP contribution in [0.2, 0.25) is 0 Å². The van der Waals surface area contributed by atoms with E-state index in [4.69, 9.17) is 4.74 Å².